The Morgan fingerprint density at radius 3 is 3.00 bits per heavy atom. The van der Waals surface area contributed by atoms with Crippen LogP contribution in [0.1, 0.15) is 43.7 Å². The van der Waals surface area contributed by atoms with Gasteiger partial charge in [0.05, 0.1) is 5.75 Å². The number of rotatable bonds is 6. The van der Waals surface area contributed by atoms with E-state index in [2.05, 4.69) is 47.3 Å². The number of thioether (sulfide) groups is 1. The highest BCUT2D eigenvalue weighted by Crippen LogP contribution is 2.30. The second kappa shape index (κ2) is 8.86. The summed E-state index contributed by atoms with van der Waals surface area (Å²) in [6.45, 7) is 7.25. The molecule has 1 atom stereocenters. The summed E-state index contributed by atoms with van der Waals surface area (Å²) >= 11 is 2.98. The molecule has 1 fully saturated rings. The van der Waals surface area contributed by atoms with Crippen molar-refractivity contribution < 1.29 is 4.79 Å². The van der Waals surface area contributed by atoms with Gasteiger partial charge in [0.2, 0.25) is 11.0 Å². The van der Waals surface area contributed by atoms with E-state index in [1.807, 2.05) is 12.1 Å². The van der Waals surface area contributed by atoms with Crippen molar-refractivity contribution in [3.63, 3.8) is 0 Å². The molecular weight excluding hydrogens is 364 g/mol. The van der Waals surface area contributed by atoms with Crippen molar-refractivity contribution in [3.05, 3.63) is 29.3 Å². The molecule has 1 amide bonds. The Kier molecular flexibility index (Phi) is 6.53. The van der Waals surface area contributed by atoms with Crippen molar-refractivity contribution in [2.45, 2.75) is 56.8 Å². The number of hydrogen-bond donors (Lipinski definition) is 1. The highest BCUT2D eigenvalue weighted by Gasteiger charge is 2.25. The van der Waals surface area contributed by atoms with Crippen molar-refractivity contribution in [3.8, 4) is 0 Å². The lowest BCUT2D eigenvalue weighted by atomic mass is 10.0. The fourth-order valence-electron chi connectivity index (χ4n) is 3.28. The zero-order valence-electron chi connectivity index (χ0n) is 15.6. The van der Waals surface area contributed by atoms with E-state index in [1.165, 1.54) is 40.6 Å². The average Bonchev–Trinajstić information content (AvgIpc) is 3.11. The fraction of sp³-hybridized carbons (Fsp3) is 0.526. The Morgan fingerprint density at radius 2 is 2.19 bits per heavy atom. The number of aromatic nitrogens is 2. The van der Waals surface area contributed by atoms with E-state index in [-0.39, 0.29) is 5.91 Å². The molecule has 140 valence electrons. The number of benzene rings is 1. The predicted octanol–water partition coefficient (Wildman–Crippen LogP) is 4.78. The molecule has 2 heterocycles. The third-order valence-electron chi connectivity index (χ3n) is 4.99. The van der Waals surface area contributed by atoms with Gasteiger partial charge in [0.1, 0.15) is 0 Å². The van der Waals surface area contributed by atoms with Crippen LogP contribution in [0.25, 0.3) is 0 Å². The van der Waals surface area contributed by atoms with E-state index in [4.69, 9.17) is 0 Å². The highest BCUT2D eigenvalue weighted by atomic mass is 32.2. The van der Waals surface area contributed by atoms with Gasteiger partial charge >= 0.3 is 0 Å². The second-order valence-corrected chi connectivity index (χ2v) is 8.88. The number of nitrogens with one attached hydrogen (secondary N) is 1. The third kappa shape index (κ3) is 4.57. The van der Waals surface area contributed by atoms with Gasteiger partial charge in [-0.05, 0) is 56.7 Å². The summed E-state index contributed by atoms with van der Waals surface area (Å²) in [5.74, 6) is 0.662. The summed E-state index contributed by atoms with van der Waals surface area (Å²) in [6.07, 6.45) is 4.53. The number of piperidine rings is 1. The molecule has 3 rings (SSSR count). The summed E-state index contributed by atoms with van der Waals surface area (Å²) < 4.78 is 0.830. The van der Waals surface area contributed by atoms with E-state index in [1.54, 1.807) is 0 Å². The van der Waals surface area contributed by atoms with Crippen molar-refractivity contribution in [2.75, 3.05) is 17.6 Å². The number of carbonyl (C=O) groups is 1. The van der Waals surface area contributed by atoms with E-state index in [9.17, 15) is 4.79 Å². The molecular formula is C19H26N4OS2. The smallest absolute Gasteiger partial charge is 0.233 e. The van der Waals surface area contributed by atoms with Crippen LogP contribution in [0.2, 0.25) is 0 Å². The normalized spacial score (nSPS) is 17.3. The molecule has 0 bridgehead atoms. The molecule has 7 heteroatoms. The van der Waals surface area contributed by atoms with Gasteiger partial charge in [0.25, 0.3) is 0 Å². The second-order valence-electron chi connectivity index (χ2n) is 6.68. The van der Waals surface area contributed by atoms with Gasteiger partial charge in [0.15, 0.2) is 4.34 Å². The molecule has 1 aromatic heterocycles. The number of nitrogens with zero attached hydrogens (tertiary/aromatic N) is 3. The minimum atomic E-state index is 0.223. The van der Waals surface area contributed by atoms with Crippen LogP contribution in [0.3, 0.4) is 0 Å². The van der Waals surface area contributed by atoms with Crippen LogP contribution in [0, 0.1) is 13.8 Å². The van der Waals surface area contributed by atoms with E-state index >= 15 is 0 Å². The lowest BCUT2D eigenvalue weighted by Gasteiger charge is -2.35. The Balaban J connectivity index is 1.56. The first-order chi connectivity index (χ1) is 12.6. The van der Waals surface area contributed by atoms with Gasteiger partial charge in [-0.3, -0.25) is 4.79 Å². The Morgan fingerprint density at radius 1 is 1.35 bits per heavy atom. The summed E-state index contributed by atoms with van der Waals surface area (Å²) in [7, 11) is 0. The van der Waals surface area contributed by atoms with Gasteiger partial charge in [-0.1, -0.05) is 42.2 Å². The Bertz CT molecular complexity index is 762. The summed E-state index contributed by atoms with van der Waals surface area (Å²) in [6, 6.07) is 6.58. The van der Waals surface area contributed by atoms with Crippen LogP contribution in [0.15, 0.2) is 22.5 Å². The number of anilines is 2. The Hall–Kier alpha value is -1.60. The van der Waals surface area contributed by atoms with Gasteiger partial charge in [-0.25, -0.2) is 0 Å². The van der Waals surface area contributed by atoms with E-state index in [0.717, 1.165) is 41.0 Å². The minimum Gasteiger partial charge on any atom is -0.339 e. The molecule has 1 saturated heterocycles. The van der Waals surface area contributed by atoms with Crippen LogP contribution in [-0.2, 0) is 4.79 Å². The van der Waals surface area contributed by atoms with Gasteiger partial charge < -0.3 is 10.2 Å². The van der Waals surface area contributed by atoms with Crippen LogP contribution in [-0.4, -0.2) is 39.3 Å². The van der Waals surface area contributed by atoms with Crippen molar-refractivity contribution >= 4 is 39.8 Å². The molecule has 1 aromatic carbocycles. The van der Waals surface area contributed by atoms with Crippen LogP contribution in [0.4, 0.5) is 10.8 Å². The number of amides is 1. The molecule has 0 aliphatic carbocycles. The van der Waals surface area contributed by atoms with Crippen LogP contribution in [0.5, 0.6) is 0 Å². The first kappa shape index (κ1) is 19.2. The quantitative estimate of drug-likeness (QED) is 0.719. The number of aryl methyl sites for hydroxylation is 1. The monoisotopic (exact) mass is 390 g/mol. The molecule has 0 radical (unpaired) electrons. The summed E-state index contributed by atoms with van der Waals surface area (Å²) in [5, 5.41) is 12.5. The third-order valence-corrected chi connectivity index (χ3v) is 6.95. The topological polar surface area (TPSA) is 58.1 Å². The highest BCUT2D eigenvalue weighted by molar-refractivity contribution is 8.01. The molecule has 1 N–H and O–H groups in total. The molecule has 0 spiro atoms. The van der Waals surface area contributed by atoms with E-state index in [0.29, 0.717) is 11.8 Å². The number of likely N-dealkylation sites (tertiary alicyclic amines) is 1. The van der Waals surface area contributed by atoms with Gasteiger partial charge in [-0.2, -0.15) is 0 Å². The summed E-state index contributed by atoms with van der Waals surface area (Å²) in [4.78, 5) is 14.6. The standard InChI is InChI=1S/C19H26N4OS2/c1-4-15-9-5-6-11-23(15)17(24)12-25-19-22-21-18(26-19)20-16-10-7-8-13(2)14(16)3/h7-8,10,15H,4-6,9,11-12H2,1-3H3,(H,20,21)/t15-/m1/s1. The maximum atomic E-state index is 12.6. The van der Waals surface area contributed by atoms with Gasteiger partial charge in [-0.15, -0.1) is 10.2 Å². The molecule has 0 saturated carbocycles. The molecule has 0 unspecified atom stereocenters. The predicted molar refractivity (Wildman–Crippen MR) is 109 cm³/mol. The maximum absolute atomic E-state index is 12.6. The fourth-order valence-corrected chi connectivity index (χ4v) is 4.93. The molecule has 1 aliphatic heterocycles. The zero-order chi connectivity index (χ0) is 18.5. The largest absolute Gasteiger partial charge is 0.339 e. The lowest BCUT2D eigenvalue weighted by molar-refractivity contribution is -0.132. The molecule has 26 heavy (non-hydrogen) atoms. The number of carbonyl (C=O) groups excluding carboxylic acids is 1. The van der Waals surface area contributed by atoms with Crippen molar-refractivity contribution in [2.24, 2.45) is 0 Å². The molecule has 2 aromatic rings. The van der Waals surface area contributed by atoms with Crippen LogP contribution >= 0.6 is 23.1 Å². The zero-order valence-corrected chi connectivity index (χ0v) is 17.3. The Labute approximate surface area is 163 Å². The average molecular weight is 391 g/mol. The van der Waals surface area contributed by atoms with Crippen LogP contribution < -0.4 is 5.32 Å². The first-order valence-corrected chi connectivity index (χ1v) is 11.0. The van der Waals surface area contributed by atoms with E-state index < -0.39 is 0 Å². The molecule has 1 aliphatic rings. The maximum Gasteiger partial charge on any atom is 0.233 e. The summed E-state index contributed by atoms with van der Waals surface area (Å²) in [5.41, 5.74) is 3.50. The minimum absolute atomic E-state index is 0.223. The van der Waals surface area contributed by atoms with Crippen molar-refractivity contribution in [1.82, 2.24) is 15.1 Å². The molecule has 5 nitrogen and oxygen atoms in total. The lowest BCUT2D eigenvalue weighted by Crippen LogP contribution is -2.44. The number of hydrogen-bond acceptors (Lipinski definition) is 6. The van der Waals surface area contributed by atoms with Gasteiger partial charge in [0, 0.05) is 18.3 Å². The first-order valence-electron chi connectivity index (χ1n) is 9.17. The SMILES string of the molecule is CC[C@@H]1CCCCN1C(=O)CSc1nnc(Nc2cccc(C)c2C)s1. The van der Waals surface area contributed by atoms with Crippen molar-refractivity contribution in [1.29, 1.82) is 0 Å².